The molecule has 3 nitrogen and oxygen atoms in total. The van der Waals surface area contributed by atoms with Gasteiger partial charge in [-0.2, -0.15) is 11.8 Å². The van der Waals surface area contributed by atoms with Gasteiger partial charge in [0.05, 0.1) is 10.6 Å². The summed E-state index contributed by atoms with van der Waals surface area (Å²) in [5, 5.41) is 0.443. The van der Waals surface area contributed by atoms with Crippen LogP contribution in [0.25, 0.3) is 0 Å². The van der Waals surface area contributed by atoms with Crippen molar-refractivity contribution in [2.45, 2.75) is 19.4 Å². The summed E-state index contributed by atoms with van der Waals surface area (Å²) in [6, 6.07) is 5.16. The van der Waals surface area contributed by atoms with Crippen LogP contribution < -0.4 is 5.73 Å². The lowest BCUT2D eigenvalue weighted by atomic mass is 10.1. The molecule has 1 aromatic carbocycles. The molecule has 1 amide bonds. The van der Waals surface area contributed by atoms with Crippen LogP contribution in [0.1, 0.15) is 23.7 Å². The topological polar surface area (TPSA) is 46.3 Å². The molecular formula is C13H19ClN2OS. The lowest BCUT2D eigenvalue weighted by molar-refractivity contribution is 0.0741. The van der Waals surface area contributed by atoms with Crippen LogP contribution in [0.5, 0.6) is 0 Å². The molecule has 0 heterocycles. The van der Waals surface area contributed by atoms with E-state index in [4.69, 9.17) is 17.3 Å². The number of hydrogen-bond acceptors (Lipinski definition) is 3. The second kappa shape index (κ2) is 6.90. The van der Waals surface area contributed by atoms with Crippen LogP contribution in [-0.2, 0) is 0 Å². The fraction of sp³-hybridized carbons (Fsp3) is 0.462. The van der Waals surface area contributed by atoms with Crippen LogP contribution in [0.2, 0.25) is 5.02 Å². The number of anilines is 1. The number of nitrogen functional groups attached to an aromatic ring is 1. The number of thioether (sulfide) groups is 1. The van der Waals surface area contributed by atoms with E-state index in [0.29, 0.717) is 16.3 Å². The summed E-state index contributed by atoms with van der Waals surface area (Å²) in [5.74, 6) is 0.949. The number of rotatable bonds is 5. The smallest absolute Gasteiger partial charge is 0.255 e. The molecule has 0 bridgehead atoms. The third-order valence-corrected chi connectivity index (χ3v) is 3.92. The number of nitrogens with zero attached hydrogens (tertiary/aromatic N) is 1. The maximum absolute atomic E-state index is 12.3. The summed E-state index contributed by atoms with van der Waals surface area (Å²) in [5.41, 5.74) is 6.71. The van der Waals surface area contributed by atoms with E-state index < -0.39 is 0 Å². The van der Waals surface area contributed by atoms with Crippen molar-refractivity contribution in [3.05, 3.63) is 28.8 Å². The van der Waals surface area contributed by atoms with Crippen molar-refractivity contribution in [2.24, 2.45) is 0 Å². The third kappa shape index (κ3) is 3.82. The van der Waals surface area contributed by atoms with Gasteiger partial charge in [-0.3, -0.25) is 4.79 Å². The Hall–Kier alpha value is -0.870. The Labute approximate surface area is 118 Å². The van der Waals surface area contributed by atoms with Gasteiger partial charge in [0.25, 0.3) is 5.91 Å². The van der Waals surface area contributed by atoms with Crippen LogP contribution in [0.15, 0.2) is 18.2 Å². The summed E-state index contributed by atoms with van der Waals surface area (Å²) < 4.78 is 0. The van der Waals surface area contributed by atoms with Gasteiger partial charge >= 0.3 is 0 Å². The van der Waals surface area contributed by atoms with Crippen LogP contribution in [0.4, 0.5) is 5.69 Å². The molecule has 0 saturated heterocycles. The van der Waals surface area contributed by atoms with Gasteiger partial charge in [0.1, 0.15) is 0 Å². The summed E-state index contributed by atoms with van der Waals surface area (Å²) in [6.45, 7) is 2.04. The van der Waals surface area contributed by atoms with E-state index in [1.54, 1.807) is 41.9 Å². The minimum absolute atomic E-state index is 0.0825. The second-order valence-corrected chi connectivity index (χ2v) is 5.68. The number of nitrogens with two attached hydrogens (primary N) is 1. The Balaban J connectivity index is 2.82. The number of carbonyl (C=O) groups excluding carboxylic acids is 1. The third-order valence-electron chi connectivity index (χ3n) is 2.94. The summed E-state index contributed by atoms with van der Waals surface area (Å²) in [6.07, 6.45) is 3.02. The van der Waals surface area contributed by atoms with E-state index in [-0.39, 0.29) is 11.9 Å². The fourth-order valence-electron chi connectivity index (χ4n) is 1.58. The molecule has 1 atom stereocenters. The summed E-state index contributed by atoms with van der Waals surface area (Å²) in [7, 11) is 1.80. The van der Waals surface area contributed by atoms with Gasteiger partial charge in [0.15, 0.2) is 0 Å². The molecule has 0 aliphatic heterocycles. The molecule has 0 fully saturated rings. The first kappa shape index (κ1) is 15.2. The molecule has 0 saturated carbocycles. The van der Waals surface area contributed by atoms with Crippen LogP contribution in [-0.4, -0.2) is 35.9 Å². The Morgan fingerprint density at radius 1 is 1.56 bits per heavy atom. The van der Waals surface area contributed by atoms with Crippen molar-refractivity contribution >= 4 is 35.0 Å². The number of benzene rings is 1. The Morgan fingerprint density at radius 3 is 2.83 bits per heavy atom. The molecular weight excluding hydrogens is 268 g/mol. The molecule has 1 rings (SSSR count). The van der Waals surface area contributed by atoms with E-state index in [9.17, 15) is 4.79 Å². The van der Waals surface area contributed by atoms with Gasteiger partial charge in [-0.15, -0.1) is 0 Å². The first-order valence-electron chi connectivity index (χ1n) is 5.78. The predicted octanol–water partition coefficient (Wildman–Crippen LogP) is 3.14. The highest BCUT2D eigenvalue weighted by atomic mass is 35.5. The molecule has 2 N–H and O–H groups in total. The van der Waals surface area contributed by atoms with Crippen molar-refractivity contribution in [1.82, 2.24) is 4.90 Å². The summed E-state index contributed by atoms with van der Waals surface area (Å²) in [4.78, 5) is 14.0. The van der Waals surface area contributed by atoms with Gasteiger partial charge in [0, 0.05) is 18.8 Å². The van der Waals surface area contributed by atoms with Gasteiger partial charge in [0.2, 0.25) is 0 Å². The van der Waals surface area contributed by atoms with Gasteiger partial charge in [-0.25, -0.2) is 0 Å². The molecule has 0 spiro atoms. The maximum atomic E-state index is 12.3. The highest BCUT2D eigenvalue weighted by Crippen LogP contribution is 2.21. The monoisotopic (exact) mass is 286 g/mol. The van der Waals surface area contributed by atoms with Crippen molar-refractivity contribution in [2.75, 3.05) is 24.8 Å². The van der Waals surface area contributed by atoms with E-state index in [2.05, 4.69) is 6.26 Å². The average Bonchev–Trinajstić information content (AvgIpc) is 2.37. The lowest BCUT2D eigenvalue weighted by Gasteiger charge is -2.25. The molecule has 1 aromatic rings. The molecule has 0 aliphatic rings. The first-order chi connectivity index (χ1) is 8.47. The van der Waals surface area contributed by atoms with E-state index in [1.807, 2.05) is 6.92 Å². The minimum atomic E-state index is -0.0825. The molecule has 18 heavy (non-hydrogen) atoms. The zero-order valence-corrected chi connectivity index (χ0v) is 12.5. The molecule has 0 radical (unpaired) electrons. The van der Waals surface area contributed by atoms with Gasteiger partial charge < -0.3 is 10.6 Å². The zero-order valence-electron chi connectivity index (χ0n) is 10.9. The molecule has 0 aromatic heterocycles. The van der Waals surface area contributed by atoms with Crippen molar-refractivity contribution in [1.29, 1.82) is 0 Å². The van der Waals surface area contributed by atoms with E-state index in [0.717, 1.165) is 12.2 Å². The van der Waals surface area contributed by atoms with Gasteiger partial charge in [-0.05, 0) is 43.6 Å². The molecule has 0 aliphatic carbocycles. The molecule has 5 heteroatoms. The first-order valence-corrected chi connectivity index (χ1v) is 7.55. The van der Waals surface area contributed by atoms with Crippen LogP contribution in [0.3, 0.4) is 0 Å². The van der Waals surface area contributed by atoms with Crippen molar-refractivity contribution in [3.63, 3.8) is 0 Å². The molecule has 100 valence electrons. The quantitative estimate of drug-likeness (QED) is 0.846. The van der Waals surface area contributed by atoms with Gasteiger partial charge in [-0.1, -0.05) is 11.6 Å². The normalized spacial score (nSPS) is 12.2. The second-order valence-electron chi connectivity index (χ2n) is 4.29. The standard InChI is InChI=1S/C13H19ClN2OS/c1-9(6-7-18-3)16(2)13(17)11-8-10(15)4-5-12(11)14/h4-5,8-9H,6-7,15H2,1-3H3. The maximum Gasteiger partial charge on any atom is 0.255 e. The largest absolute Gasteiger partial charge is 0.399 e. The number of amides is 1. The SMILES string of the molecule is CSCCC(C)N(C)C(=O)c1cc(N)ccc1Cl. The highest BCUT2D eigenvalue weighted by Gasteiger charge is 2.19. The van der Waals surface area contributed by atoms with Crippen molar-refractivity contribution < 1.29 is 4.79 Å². The number of hydrogen-bond donors (Lipinski definition) is 1. The van der Waals surface area contributed by atoms with Crippen LogP contribution >= 0.6 is 23.4 Å². The Morgan fingerprint density at radius 2 is 2.22 bits per heavy atom. The minimum Gasteiger partial charge on any atom is -0.399 e. The van der Waals surface area contributed by atoms with E-state index >= 15 is 0 Å². The predicted molar refractivity (Wildman–Crippen MR) is 80.4 cm³/mol. The zero-order chi connectivity index (χ0) is 13.7. The molecule has 1 unspecified atom stereocenters. The highest BCUT2D eigenvalue weighted by molar-refractivity contribution is 7.98. The lowest BCUT2D eigenvalue weighted by Crippen LogP contribution is -2.35. The van der Waals surface area contributed by atoms with Crippen LogP contribution in [0, 0.1) is 0 Å². The Bertz CT molecular complexity index is 425. The average molecular weight is 287 g/mol. The number of halogens is 1. The number of carbonyl (C=O) groups is 1. The van der Waals surface area contributed by atoms with Crippen molar-refractivity contribution in [3.8, 4) is 0 Å². The summed E-state index contributed by atoms with van der Waals surface area (Å²) >= 11 is 7.81. The van der Waals surface area contributed by atoms with E-state index in [1.165, 1.54) is 0 Å². The fourth-order valence-corrected chi connectivity index (χ4v) is 2.35. The Kier molecular flexibility index (Phi) is 5.82.